The molecular weight excluding hydrogens is 356 g/mol. The quantitative estimate of drug-likeness (QED) is 0.780. The summed E-state index contributed by atoms with van der Waals surface area (Å²) in [6.45, 7) is 6.30. The minimum absolute atomic E-state index is 0.0495. The molecule has 7 nitrogen and oxygen atoms in total. The molecular formula is C21H28N4O3. The Morgan fingerprint density at radius 2 is 1.93 bits per heavy atom. The second-order valence-electron chi connectivity index (χ2n) is 7.34. The number of carbonyl (C=O) groups is 2. The molecule has 1 fully saturated rings. The van der Waals surface area contributed by atoms with E-state index < -0.39 is 11.9 Å². The molecule has 2 N–H and O–H groups in total. The third-order valence-corrected chi connectivity index (χ3v) is 5.44. The molecule has 2 heterocycles. The predicted molar refractivity (Wildman–Crippen MR) is 106 cm³/mol. The van der Waals surface area contributed by atoms with Gasteiger partial charge in [-0.1, -0.05) is 35.5 Å². The fourth-order valence-electron chi connectivity index (χ4n) is 3.75. The Labute approximate surface area is 165 Å². The highest BCUT2D eigenvalue weighted by Crippen LogP contribution is 2.17. The van der Waals surface area contributed by atoms with E-state index in [2.05, 4.69) is 22.2 Å². The first-order valence-electron chi connectivity index (χ1n) is 9.72. The van der Waals surface area contributed by atoms with Crippen molar-refractivity contribution in [2.24, 2.45) is 5.73 Å². The van der Waals surface area contributed by atoms with Gasteiger partial charge in [0.1, 0.15) is 11.8 Å². The maximum absolute atomic E-state index is 12.8. The van der Waals surface area contributed by atoms with Crippen molar-refractivity contribution in [3.05, 3.63) is 52.9 Å². The molecule has 1 aliphatic rings. The van der Waals surface area contributed by atoms with Gasteiger partial charge in [-0.05, 0) is 32.3 Å². The molecule has 7 heteroatoms. The average Bonchev–Trinajstić information content (AvgIpc) is 3.02. The highest BCUT2D eigenvalue weighted by atomic mass is 16.5. The molecule has 3 rings (SSSR count). The number of carbonyl (C=O) groups excluding carboxylic acids is 2. The van der Waals surface area contributed by atoms with Gasteiger partial charge in [0.15, 0.2) is 0 Å². The number of nitrogens with zero attached hydrogens (tertiary/aromatic N) is 3. The maximum Gasteiger partial charge on any atom is 0.241 e. The molecule has 1 unspecified atom stereocenters. The average molecular weight is 384 g/mol. The van der Waals surface area contributed by atoms with Gasteiger partial charge in [-0.25, -0.2) is 0 Å². The van der Waals surface area contributed by atoms with Crippen LogP contribution in [-0.2, 0) is 22.4 Å². The van der Waals surface area contributed by atoms with Crippen LogP contribution < -0.4 is 5.73 Å². The highest BCUT2D eigenvalue weighted by Gasteiger charge is 2.33. The first-order valence-corrected chi connectivity index (χ1v) is 9.72. The number of aromatic nitrogens is 1. The first-order chi connectivity index (χ1) is 13.5. The number of hydrogen-bond donors (Lipinski definition) is 1. The number of piperazine rings is 1. The lowest BCUT2D eigenvalue weighted by Gasteiger charge is -2.40. The lowest BCUT2D eigenvalue weighted by molar-refractivity contribution is -0.142. The van der Waals surface area contributed by atoms with Crippen LogP contribution in [0.3, 0.4) is 0 Å². The van der Waals surface area contributed by atoms with Crippen molar-refractivity contribution in [3.8, 4) is 0 Å². The van der Waals surface area contributed by atoms with E-state index in [1.165, 1.54) is 5.56 Å². The van der Waals surface area contributed by atoms with Gasteiger partial charge in [-0.2, -0.15) is 0 Å². The number of amides is 2. The molecule has 2 aromatic rings. The SMILES string of the molecule is Cc1noc(C)c1CCC(=O)N1CCN(CCc2ccccc2)CC1C(N)=O. The summed E-state index contributed by atoms with van der Waals surface area (Å²) >= 11 is 0. The van der Waals surface area contributed by atoms with E-state index in [0.717, 1.165) is 36.5 Å². The van der Waals surface area contributed by atoms with Gasteiger partial charge in [0, 0.05) is 38.2 Å². The first kappa shape index (κ1) is 20.1. The third-order valence-electron chi connectivity index (χ3n) is 5.44. The van der Waals surface area contributed by atoms with Gasteiger partial charge >= 0.3 is 0 Å². The number of aryl methyl sites for hydroxylation is 2. The summed E-state index contributed by atoms with van der Waals surface area (Å²) in [5.74, 6) is 0.240. The van der Waals surface area contributed by atoms with Crippen LogP contribution in [0.5, 0.6) is 0 Å². The molecule has 1 aromatic carbocycles. The normalized spacial score (nSPS) is 17.6. The molecule has 0 bridgehead atoms. The number of rotatable bonds is 7. The molecule has 2 amide bonds. The van der Waals surface area contributed by atoms with E-state index >= 15 is 0 Å². The van der Waals surface area contributed by atoms with E-state index in [1.807, 2.05) is 32.0 Å². The second-order valence-corrected chi connectivity index (χ2v) is 7.34. The van der Waals surface area contributed by atoms with Crippen molar-refractivity contribution < 1.29 is 14.1 Å². The minimum atomic E-state index is -0.582. The van der Waals surface area contributed by atoms with Gasteiger partial charge in [-0.3, -0.25) is 14.5 Å². The van der Waals surface area contributed by atoms with Gasteiger partial charge in [0.05, 0.1) is 5.69 Å². The van der Waals surface area contributed by atoms with Crippen molar-refractivity contribution in [1.82, 2.24) is 15.0 Å². The summed E-state index contributed by atoms with van der Waals surface area (Å²) < 4.78 is 5.15. The molecule has 1 atom stereocenters. The summed E-state index contributed by atoms with van der Waals surface area (Å²) in [5, 5.41) is 3.92. The topological polar surface area (TPSA) is 92.7 Å². The van der Waals surface area contributed by atoms with E-state index in [9.17, 15) is 9.59 Å². The van der Waals surface area contributed by atoms with Gasteiger partial charge < -0.3 is 15.2 Å². The zero-order chi connectivity index (χ0) is 20.1. The van der Waals surface area contributed by atoms with Crippen LogP contribution in [0, 0.1) is 13.8 Å². The summed E-state index contributed by atoms with van der Waals surface area (Å²) in [6.07, 6.45) is 1.78. The molecule has 0 spiro atoms. The molecule has 1 aliphatic heterocycles. The largest absolute Gasteiger partial charge is 0.368 e. The number of hydrogen-bond acceptors (Lipinski definition) is 5. The Bertz CT molecular complexity index is 799. The smallest absolute Gasteiger partial charge is 0.241 e. The predicted octanol–water partition coefficient (Wildman–Crippen LogP) is 1.46. The van der Waals surface area contributed by atoms with Gasteiger partial charge in [-0.15, -0.1) is 0 Å². The lowest BCUT2D eigenvalue weighted by Crippen LogP contribution is -2.60. The molecule has 1 aromatic heterocycles. The van der Waals surface area contributed by atoms with Crippen LogP contribution in [0.2, 0.25) is 0 Å². The van der Waals surface area contributed by atoms with E-state index in [-0.39, 0.29) is 5.91 Å². The summed E-state index contributed by atoms with van der Waals surface area (Å²) in [6, 6.07) is 9.66. The minimum Gasteiger partial charge on any atom is -0.368 e. The van der Waals surface area contributed by atoms with Crippen LogP contribution in [0.1, 0.15) is 29.0 Å². The molecule has 0 aliphatic carbocycles. The Balaban J connectivity index is 1.56. The van der Waals surface area contributed by atoms with Crippen molar-refractivity contribution in [3.63, 3.8) is 0 Å². The number of nitrogens with two attached hydrogens (primary N) is 1. The Hall–Kier alpha value is -2.67. The summed E-state index contributed by atoms with van der Waals surface area (Å²) in [5.41, 5.74) is 8.65. The number of primary amides is 1. The van der Waals surface area contributed by atoms with Crippen LogP contribution in [-0.4, -0.2) is 59.0 Å². The van der Waals surface area contributed by atoms with Crippen molar-refractivity contribution >= 4 is 11.8 Å². The molecule has 150 valence electrons. The van der Waals surface area contributed by atoms with E-state index in [4.69, 9.17) is 10.3 Å². The van der Waals surface area contributed by atoms with Crippen molar-refractivity contribution in [2.75, 3.05) is 26.2 Å². The number of benzene rings is 1. The van der Waals surface area contributed by atoms with Crippen molar-refractivity contribution in [2.45, 2.75) is 39.2 Å². The fraction of sp³-hybridized carbons (Fsp3) is 0.476. The van der Waals surface area contributed by atoms with Crippen molar-refractivity contribution in [1.29, 1.82) is 0 Å². The zero-order valence-corrected chi connectivity index (χ0v) is 16.6. The Morgan fingerprint density at radius 1 is 1.18 bits per heavy atom. The second kappa shape index (κ2) is 9.01. The summed E-state index contributed by atoms with van der Waals surface area (Å²) in [7, 11) is 0. The van der Waals surface area contributed by atoms with Crippen LogP contribution >= 0.6 is 0 Å². The monoisotopic (exact) mass is 384 g/mol. The highest BCUT2D eigenvalue weighted by molar-refractivity contribution is 5.87. The maximum atomic E-state index is 12.8. The van der Waals surface area contributed by atoms with Crippen LogP contribution in [0.15, 0.2) is 34.9 Å². The van der Waals surface area contributed by atoms with E-state index in [1.54, 1.807) is 4.90 Å². The molecule has 1 saturated heterocycles. The van der Waals surface area contributed by atoms with Gasteiger partial charge in [0.2, 0.25) is 11.8 Å². The Morgan fingerprint density at radius 3 is 2.57 bits per heavy atom. The standard InChI is InChI=1S/C21H28N4O3/c1-15-18(16(2)28-23-15)8-9-20(26)25-13-12-24(14-19(25)21(22)27)11-10-17-6-4-3-5-7-17/h3-7,19H,8-14H2,1-2H3,(H2,22,27). The summed E-state index contributed by atoms with van der Waals surface area (Å²) in [4.78, 5) is 28.6. The Kier molecular flexibility index (Phi) is 6.46. The van der Waals surface area contributed by atoms with Crippen LogP contribution in [0.4, 0.5) is 0 Å². The lowest BCUT2D eigenvalue weighted by atomic mass is 10.1. The molecule has 0 saturated carbocycles. The third kappa shape index (κ3) is 4.78. The molecule has 28 heavy (non-hydrogen) atoms. The van der Waals surface area contributed by atoms with E-state index in [0.29, 0.717) is 25.9 Å². The van der Waals surface area contributed by atoms with Crippen LogP contribution in [0.25, 0.3) is 0 Å². The fourth-order valence-corrected chi connectivity index (χ4v) is 3.75. The molecule has 0 radical (unpaired) electrons. The van der Waals surface area contributed by atoms with Gasteiger partial charge in [0.25, 0.3) is 0 Å². The zero-order valence-electron chi connectivity index (χ0n) is 16.6.